The van der Waals surface area contributed by atoms with Crippen molar-refractivity contribution in [3.05, 3.63) is 30.1 Å². The average molecular weight is 216 g/mol. The average Bonchev–Trinajstić information content (AvgIpc) is 2.15. The van der Waals surface area contributed by atoms with E-state index in [9.17, 15) is 4.79 Å². The van der Waals surface area contributed by atoms with Crippen LogP contribution in [0.15, 0.2) is 24.5 Å². The Morgan fingerprint density at radius 2 is 2.14 bits per heavy atom. The van der Waals surface area contributed by atoms with Crippen molar-refractivity contribution in [3.63, 3.8) is 0 Å². The molecule has 5 heteroatoms. The van der Waals surface area contributed by atoms with E-state index in [0.717, 1.165) is 5.56 Å². The van der Waals surface area contributed by atoms with E-state index < -0.39 is 6.04 Å². The van der Waals surface area contributed by atoms with E-state index in [1.807, 2.05) is 12.1 Å². The molecule has 1 atom stereocenters. The van der Waals surface area contributed by atoms with Crippen LogP contribution in [0.3, 0.4) is 0 Å². The second-order valence-corrected chi connectivity index (χ2v) is 2.86. The van der Waals surface area contributed by atoms with Crippen LogP contribution in [0.4, 0.5) is 0 Å². The zero-order valence-corrected chi connectivity index (χ0v) is 8.75. The van der Waals surface area contributed by atoms with Crippen molar-refractivity contribution in [2.24, 2.45) is 5.73 Å². The van der Waals surface area contributed by atoms with Crippen molar-refractivity contribution >= 4 is 18.3 Å². The summed E-state index contributed by atoms with van der Waals surface area (Å²) >= 11 is 0. The summed E-state index contributed by atoms with van der Waals surface area (Å²) in [5, 5.41) is 2.71. The normalized spacial score (nSPS) is 11.3. The van der Waals surface area contributed by atoms with Gasteiger partial charge >= 0.3 is 0 Å². The highest BCUT2D eigenvalue weighted by Crippen LogP contribution is 1.94. The summed E-state index contributed by atoms with van der Waals surface area (Å²) in [5.74, 6) is -0.142. The van der Waals surface area contributed by atoms with E-state index in [4.69, 9.17) is 5.73 Å². The van der Waals surface area contributed by atoms with Crippen LogP contribution in [0.5, 0.6) is 0 Å². The van der Waals surface area contributed by atoms with E-state index in [1.54, 1.807) is 19.3 Å². The van der Waals surface area contributed by atoms with E-state index in [2.05, 4.69) is 10.3 Å². The van der Waals surface area contributed by atoms with Crippen molar-refractivity contribution in [2.75, 3.05) is 0 Å². The number of hydrogen-bond donors (Lipinski definition) is 2. The van der Waals surface area contributed by atoms with Gasteiger partial charge in [0.15, 0.2) is 0 Å². The first-order valence-electron chi connectivity index (χ1n) is 4.12. The number of nitrogens with zero attached hydrogens (tertiary/aromatic N) is 1. The second kappa shape index (κ2) is 6.34. The third-order valence-electron chi connectivity index (χ3n) is 1.63. The second-order valence-electron chi connectivity index (χ2n) is 2.86. The Morgan fingerprint density at radius 1 is 1.57 bits per heavy atom. The van der Waals surface area contributed by atoms with E-state index >= 15 is 0 Å². The van der Waals surface area contributed by atoms with Crippen LogP contribution in [0.2, 0.25) is 0 Å². The van der Waals surface area contributed by atoms with Gasteiger partial charge in [0, 0.05) is 18.9 Å². The Labute approximate surface area is 89.3 Å². The van der Waals surface area contributed by atoms with Gasteiger partial charge in [-0.2, -0.15) is 0 Å². The monoisotopic (exact) mass is 215 g/mol. The first kappa shape index (κ1) is 12.9. The van der Waals surface area contributed by atoms with Gasteiger partial charge in [0.05, 0.1) is 6.04 Å². The molecule has 0 bridgehead atoms. The lowest BCUT2D eigenvalue weighted by Gasteiger charge is -2.06. The lowest BCUT2D eigenvalue weighted by molar-refractivity contribution is -0.122. The maximum atomic E-state index is 11.1. The summed E-state index contributed by atoms with van der Waals surface area (Å²) in [5.41, 5.74) is 6.39. The molecule has 1 aromatic rings. The quantitative estimate of drug-likeness (QED) is 0.770. The fourth-order valence-electron chi connectivity index (χ4n) is 0.851. The number of aromatic nitrogens is 1. The summed E-state index contributed by atoms with van der Waals surface area (Å²) in [4.78, 5) is 14.9. The summed E-state index contributed by atoms with van der Waals surface area (Å²) in [6.45, 7) is 2.16. The summed E-state index contributed by atoms with van der Waals surface area (Å²) in [6, 6.07) is 3.24. The van der Waals surface area contributed by atoms with Crippen molar-refractivity contribution in [2.45, 2.75) is 19.5 Å². The van der Waals surface area contributed by atoms with Crippen LogP contribution in [0.1, 0.15) is 12.5 Å². The molecular weight excluding hydrogens is 202 g/mol. The predicted octanol–water partition coefficient (Wildman–Crippen LogP) is 0.467. The highest BCUT2D eigenvalue weighted by Gasteiger charge is 2.05. The van der Waals surface area contributed by atoms with Gasteiger partial charge in [0.1, 0.15) is 0 Å². The Kier molecular flexibility index (Phi) is 5.83. The number of amides is 1. The van der Waals surface area contributed by atoms with Crippen LogP contribution in [0.25, 0.3) is 0 Å². The molecule has 0 spiro atoms. The first-order valence-corrected chi connectivity index (χ1v) is 4.12. The molecule has 0 saturated carbocycles. The van der Waals surface area contributed by atoms with Gasteiger partial charge < -0.3 is 11.1 Å². The van der Waals surface area contributed by atoms with Crippen LogP contribution in [0, 0.1) is 0 Å². The fraction of sp³-hybridized carbons (Fsp3) is 0.333. The van der Waals surface area contributed by atoms with Gasteiger partial charge in [0.25, 0.3) is 0 Å². The molecule has 0 aliphatic rings. The molecule has 14 heavy (non-hydrogen) atoms. The molecule has 4 nitrogen and oxygen atoms in total. The van der Waals surface area contributed by atoms with Gasteiger partial charge in [-0.25, -0.2) is 0 Å². The largest absolute Gasteiger partial charge is 0.351 e. The smallest absolute Gasteiger partial charge is 0.236 e. The highest BCUT2D eigenvalue weighted by molar-refractivity contribution is 5.85. The molecule has 0 radical (unpaired) electrons. The number of nitrogens with two attached hydrogens (primary N) is 1. The highest BCUT2D eigenvalue weighted by atomic mass is 35.5. The maximum absolute atomic E-state index is 11.1. The van der Waals surface area contributed by atoms with Gasteiger partial charge in [0.2, 0.25) is 5.91 Å². The molecule has 0 aromatic carbocycles. The van der Waals surface area contributed by atoms with Gasteiger partial charge in [-0.05, 0) is 24.6 Å². The molecular formula is C9H14ClN3O. The number of hydrogen-bond acceptors (Lipinski definition) is 3. The minimum absolute atomic E-state index is 0. The molecule has 3 N–H and O–H groups in total. The van der Waals surface area contributed by atoms with Crippen molar-refractivity contribution in [3.8, 4) is 0 Å². The first-order chi connectivity index (χ1) is 6.20. The van der Waals surface area contributed by atoms with Gasteiger partial charge in [-0.3, -0.25) is 9.78 Å². The van der Waals surface area contributed by atoms with Crippen molar-refractivity contribution < 1.29 is 4.79 Å². The lowest BCUT2D eigenvalue weighted by atomic mass is 10.2. The molecule has 0 fully saturated rings. The Bertz CT molecular complexity index is 277. The molecule has 0 aliphatic heterocycles. The van der Waals surface area contributed by atoms with Crippen LogP contribution in [-0.2, 0) is 11.3 Å². The number of rotatable bonds is 3. The standard InChI is InChI=1S/C9H13N3O.ClH/c1-7(10)9(13)12-6-8-2-4-11-5-3-8;/h2-5,7H,6,10H2,1H3,(H,12,13);1H. The number of carbonyl (C=O) groups excluding carboxylic acids is 1. The Balaban J connectivity index is 0.00000169. The van der Waals surface area contributed by atoms with E-state index in [1.165, 1.54) is 0 Å². The Morgan fingerprint density at radius 3 is 2.64 bits per heavy atom. The van der Waals surface area contributed by atoms with E-state index in [-0.39, 0.29) is 18.3 Å². The Hall–Kier alpha value is -1.13. The third kappa shape index (κ3) is 4.20. The molecule has 0 aliphatic carbocycles. The maximum Gasteiger partial charge on any atom is 0.236 e. The molecule has 1 rings (SSSR count). The lowest BCUT2D eigenvalue weighted by Crippen LogP contribution is -2.37. The third-order valence-corrected chi connectivity index (χ3v) is 1.63. The van der Waals surface area contributed by atoms with Gasteiger partial charge in [-0.15, -0.1) is 12.4 Å². The summed E-state index contributed by atoms with van der Waals surface area (Å²) in [6.07, 6.45) is 3.38. The number of halogens is 1. The number of pyridine rings is 1. The van der Waals surface area contributed by atoms with Crippen molar-refractivity contribution in [1.82, 2.24) is 10.3 Å². The number of nitrogens with one attached hydrogen (secondary N) is 1. The zero-order valence-electron chi connectivity index (χ0n) is 7.93. The predicted molar refractivity (Wildman–Crippen MR) is 57.0 cm³/mol. The minimum atomic E-state index is -0.457. The zero-order chi connectivity index (χ0) is 9.68. The summed E-state index contributed by atoms with van der Waals surface area (Å²) < 4.78 is 0. The fourth-order valence-corrected chi connectivity index (χ4v) is 0.851. The molecule has 1 unspecified atom stereocenters. The number of carbonyl (C=O) groups is 1. The molecule has 0 saturated heterocycles. The SMILES string of the molecule is CC(N)C(=O)NCc1ccncc1.Cl. The topological polar surface area (TPSA) is 68.0 Å². The van der Waals surface area contributed by atoms with Crippen LogP contribution >= 0.6 is 12.4 Å². The van der Waals surface area contributed by atoms with Crippen LogP contribution < -0.4 is 11.1 Å². The molecule has 1 amide bonds. The van der Waals surface area contributed by atoms with E-state index in [0.29, 0.717) is 6.54 Å². The van der Waals surface area contributed by atoms with Crippen molar-refractivity contribution in [1.29, 1.82) is 0 Å². The molecule has 1 heterocycles. The molecule has 78 valence electrons. The summed E-state index contributed by atoms with van der Waals surface area (Å²) in [7, 11) is 0. The minimum Gasteiger partial charge on any atom is -0.351 e. The molecule has 1 aromatic heterocycles. The van der Waals surface area contributed by atoms with Gasteiger partial charge in [-0.1, -0.05) is 0 Å². The van der Waals surface area contributed by atoms with Crippen LogP contribution in [-0.4, -0.2) is 16.9 Å².